The summed E-state index contributed by atoms with van der Waals surface area (Å²) >= 11 is 0. The van der Waals surface area contributed by atoms with Crippen LogP contribution in [0.25, 0.3) is 11.3 Å². The molecule has 0 unspecified atom stereocenters. The van der Waals surface area contributed by atoms with Crippen LogP contribution in [0.3, 0.4) is 0 Å². The molecule has 12 heteroatoms. The Labute approximate surface area is 231 Å². The molecular weight excluding hydrogens is 526 g/mol. The van der Waals surface area contributed by atoms with Gasteiger partial charge in [-0.1, -0.05) is 6.07 Å². The predicted octanol–water partition coefficient (Wildman–Crippen LogP) is 3.80. The van der Waals surface area contributed by atoms with E-state index >= 15 is 4.39 Å². The molecule has 4 heterocycles. The fourth-order valence-electron chi connectivity index (χ4n) is 5.28. The molecule has 0 aliphatic carbocycles. The maximum absolute atomic E-state index is 16.2. The number of phenols is 1. The van der Waals surface area contributed by atoms with Crippen LogP contribution in [0.2, 0.25) is 0 Å². The van der Waals surface area contributed by atoms with Crippen molar-refractivity contribution in [2.24, 2.45) is 0 Å². The third kappa shape index (κ3) is 5.24. The standard InChI is InChI=1S/C28H34F2N4O6/c1-27(2,3)40-26(37)32-9-10-34-16(13-32)14-38-23-20(25(34)36)24(33-11-12-39-28(4,5)15-33)31-22(21(23)30)19-17(29)7-6-8-18(19)35/h6-8,16,35H,9-15H2,1-5H3/t16-/m1/s1. The van der Waals surface area contributed by atoms with E-state index in [4.69, 9.17) is 14.2 Å². The van der Waals surface area contributed by atoms with Gasteiger partial charge in [0.1, 0.15) is 40.8 Å². The Kier molecular flexibility index (Phi) is 7.01. The molecule has 2 fully saturated rings. The fourth-order valence-corrected chi connectivity index (χ4v) is 5.28. The highest BCUT2D eigenvalue weighted by molar-refractivity contribution is 6.03. The van der Waals surface area contributed by atoms with Gasteiger partial charge in [0, 0.05) is 32.7 Å². The lowest BCUT2D eigenvalue weighted by Crippen LogP contribution is -2.58. The average Bonchev–Trinajstić information content (AvgIpc) is 3.00. The van der Waals surface area contributed by atoms with Gasteiger partial charge in [0.05, 0.1) is 23.8 Å². The molecule has 1 aromatic carbocycles. The summed E-state index contributed by atoms with van der Waals surface area (Å²) in [5.41, 5.74) is -2.26. The second kappa shape index (κ2) is 10.1. The van der Waals surface area contributed by atoms with Gasteiger partial charge in [-0.15, -0.1) is 0 Å². The van der Waals surface area contributed by atoms with Crippen LogP contribution < -0.4 is 9.64 Å². The lowest BCUT2D eigenvalue weighted by atomic mass is 10.0. The van der Waals surface area contributed by atoms with Gasteiger partial charge < -0.3 is 34.0 Å². The summed E-state index contributed by atoms with van der Waals surface area (Å²) in [6.45, 7) is 10.5. The van der Waals surface area contributed by atoms with E-state index in [2.05, 4.69) is 4.98 Å². The zero-order chi connectivity index (χ0) is 29.0. The number of pyridine rings is 1. The first-order valence-electron chi connectivity index (χ1n) is 13.3. The molecule has 1 aromatic heterocycles. The third-order valence-corrected chi connectivity index (χ3v) is 7.06. The third-order valence-electron chi connectivity index (χ3n) is 7.06. The molecule has 3 aliphatic heterocycles. The highest BCUT2D eigenvalue weighted by Crippen LogP contribution is 2.43. The van der Waals surface area contributed by atoms with E-state index < -0.39 is 57.9 Å². The maximum atomic E-state index is 16.2. The van der Waals surface area contributed by atoms with Crippen LogP contribution in [-0.2, 0) is 9.47 Å². The van der Waals surface area contributed by atoms with Crippen molar-refractivity contribution < 1.29 is 37.7 Å². The molecule has 0 bridgehead atoms. The van der Waals surface area contributed by atoms with Crippen molar-refractivity contribution in [3.63, 3.8) is 0 Å². The van der Waals surface area contributed by atoms with Crippen LogP contribution in [0, 0.1) is 11.6 Å². The largest absolute Gasteiger partial charge is 0.507 e. The van der Waals surface area contributed by atoms with E-state index in [1.165, 1.54) is 17.0 Å². The van der Waals surface area contributed by atoms with E-state index in [0.29, 0.717) is 19.7 Å². The van der Waals surface area contributed by atoms with Crippen LogP contribution >= 0.6 is 0 Å². The number of carbonyl (C=O) groups is 2. The van der Waals surface area contributed by atoms with Crippen molar-refractivity contribution >= 4 is 17.8 Å². The number of amides is 2. The van der Waals surface area contributed by atoms with Crippen molar-refractivity contribution in [3.8, 4) is 22.8 Å². The van der Waals surface area contributed by atoms with E-state index in [0.717, 1.165) is 6.07 Å². The van der Waals surface area contributed by atoms with Crippen molar-refractivity contribution in [1.82, 2.24) is 14.8 Å². The van der Waals surface area contributed by atoms with Crippen molar-refractivity contribution in [1.29, 1.82) is 0 Å². The number of carbonyl (C=O) groups excluding carboxylic acids is 2. The Morgan fingerprint density at radius 3 is 2.60 bits per heavy atom. The number of piperazine rings is 1. The molecule has 0 radical (unpaired) electrons. The minimum Gasteiger partial charge on any atom is -0.507 e. The zero-order valence-electron chi connectivity index (χ0n) is 23.3. The first-order valence-corrected chi connectivity index (χ1v) is 13.3. The van der Waals surface area contributed by atoms with Crippen molar-refractivity contribution in [2.75, 3.05) is 50.8 Å². The Balaban J connectivity index is 1.59. The molecule has 1 N–H and O–H groups in total. The lowest BCUT2D eigenvalue weighted by Gasteiger charge is -2.41. The minimum absolute atomic E-state index is 0.0806. The second-order valence-electron chi connectivity index (χ2n) is 11.9. The summed E-state index contributed by atoms with van der Waals surface area (Å²) in [6.07, 6.45) is -0.511. The molecule has 5 rings (SSSR count). The molecule has 216 valence electrons. The van der Waals surface area contributed by atoms with Crippen LogP contribution in [-0.4, -0.2) is 95.1 Å². The molecule has 2 saturated heterocycles. The quantitative estimate of drug-likeness (QED) is 0.592. The van der Waals surface area contributed by atoms with Crippen LogP contribution in [0.15, 0.2) is 18.2 Å². The number of morpholine rings is 1. The highest BCUT2D eigenvalue weighted by Gasteiger charge is 2.43. The summed E-state index contributed by atoms with van der Waals surface area (Å²) in [5.74, 6) is -3.17. The lowest BCUT2D eigenvalue weighted by molar-refractivity contribution is -0.0279. The number of fused-ring (bicyclic) bond motifs is 2. The van der Waals surface area contributed by atoms with Gasteiger partial charge in [-0.3, -0.25) is 4.79 Å². The van der Waals surface area contributed by atoms with Crippen LogP contribution in [0.1, 0.15) is 45.0 Å². The number of phenolic OH excluding ortho intramolecular Hbond substituents is 1. The minimum atomic E-state index is -1.05. The van der Waals surface area contributed by atoms with Crippen molar-refractivity contribution in [3.05, 3.63) is 35.4 Å². The van der Waals surface area contributed by atoms with Gasteiger partial charge in [-0.2, -0.15) is 0 Å². The number of ether oxygens (including phenoxy) is 3. The van der Waals surface area contributed by atoms with E-state index in [9.17, 15) is 19.1 Å². The summed E-state index contributed by atoms with van der Waals surface area (Å²) in [5, 5.41) is 10.4. The number of hydrogen-bond donors (Lipinski definition) is 1. The van der Waals surface area contributed by atoms with E-state index in [1.54, 1.807) is 30.6 Å². The SMILES string of the molecule is CC(C)(C)OC(=O)N1CCN2C(=O)c3c(N4CCOC(C)(C)C4)nc(-c4c(O)cccc4F)c(F)c3OC[C@H]2C1. The van der Waals surface area contributed by atoms with E-state index in [-0.39, 0.29) is 43.4 Å². The molecule has 0 saturated carbocycles. The summed E-state index contributed by atoms with van der Waals surface area (Å²) in [4.78, 5) is 36.1. The van der Waals surface area contributed by atoms with Gasteiger partial charge in [0.15, 0.2) is 11.6 Å². The predicted molar refractivity (Wildman–Crippen MR) is 142 cm³/mol. The van der Waals surface area contributed by atoms with Gasteiger partial charge in [-0.05, 0) is 46.8 Å². The number of halogens is 2. The molecule has 40 heavy (non-hydrogen) atoms. The molecule has 2 amide bonds. The zero-order valence-corrected chi connectivity index (χ0v) is 23.3. The average molecular weight is 561 g/mol. The smallest absolute Gasteiger partial charge is 0.410 e. The molecular formula is C28H34F2N4O6. The van der Waals surface area contributed by atoms with E-state index in [1.807, 2.05) is 13.8 Å². The molecule has 3 aliphatic rings. The Morgan fingerprint density at radius 1 is 1.18 bits per heavy atom. The normalized spacial score (nSPS) is 20.8. The maximum Gasteiger partial charge on any atom is 0.410 e. The van der Waals surface area contributed by atoms with Crippen LogP contribution in [0.5, 0.6) is 11.5 Å². The summed E-state index contributed by atoms with van der Waals surface area (Å²) in [7, 11) is 0. The summed E-state index contributed by atoms with van der Waals surface area (Å²) < 4.78 is 48.3. The molecule has 2 aromatic rings. The first-order chi connectivity index (χ1) is 18.8. The highest BCUT2D eigenvalue weighted by atomic mass is 19.1. The first kappa shape index (κ1) is 27.9. The molecule has 0 spiro atoms. The molecule has 10 nitrogen and oxygen atoms in total. The number of nitrogens with zero attached hydrogens (tertiary/aromatic N) is 4. The molecule has 1 atom stereocenters. The number of aromatic nitrogens is 1. The number of anilines is 1. The number of rotatable bonds is 2. The number of aromatic hydroxyl groups is 1. The van der Waals surface area contributed by atoms with Gasteiger partial charge in [-0.25, -0.2) is 18.6 Å². The number of hydrogen-bond acceptors (Lipinski definition) is 8. The van der Waals surface area contributed by atoms with Gasteiger partial charge in [0.25, 0.3) is 5.91 Å². The Hall–Kier alpha value is -3.67. The second-order valence-corrected chi connectivity index (χ2v) is 11.9. The van der Waals surface area contributed by atoms with Crippen molar-refractivity contribution in [2.45, 2.75) is 51.9 Å². The number of benzene rings is 1. The fraction of sp³-hybridized carbons (Fsp3) is 0.536. The Morgan fingerprint density at radius 2 is 1.93 bits per heavy atom. The van der Waals surface area contributed by atoms with Gasteiger partial charge >= 0.3 is 6.09 Å². The van der Waals surface area contributed by atoms with Gasteiger partial charge in [0.2, 0.25) is 0 Å². The Bertz CT molecular complexity index is 1320. The topological polar surface area (TPSA) is 105 Å². The monoisotopic (exact) mass is 560 g/mol. The van der Waals surface area contributed by atoms with Crippen LogP contribution in [0.4, 0.5) is 19.4 Å². The summed E-state index contributed by atoms with van der Waals surface area (Å²) in [6, 6.07) is 3.05.